The van der Waals surface area contributed by atoms with Crippen LogP contribution in [0.5, 0.6) is 0 Å². The quantitative estimate of drug-likeness (QED) is 0.760. The molecule has 0 amide bonds. The van der Waals surface area contributed by atoms with Crippen molar-refractivity contribution in [3.05, 3.63) is 41.5 Å². The summed E-state index contributed by atoms with van der Waals surface area (Å²) in [4.78, 5) is 7.59. The molecule has 0 saturated carbocycles. The predicted octanol–water partition coefficient (Wildman–Crippen LogP) is 1.34. The third kappa shape index (κ3) is 2.31. The number of hydrogen-bond donors (Lipinski definition) is 2. The molecular formula is C15H18N6. The molecule has 6 heteroatoms. The van der Waals surface area contributed by atoms with Crippen molar-refractivity contribution in [3.63, 3.8) is 0 Å². The number of benzene rings is 1. The van der Waals surface area contributed by atoms with E-state index in [0.717, 1.165) is 36.8 Å². The lowest BCUT2D eigenvalue weighted by atomic mass is 9.96. The molecule has 0 bridgehead atoms. The fourth-order valence-corrected chi connectivity index (χ4v) is 3.03. The maximum Gasteiger partial charge on any atom is 0.113 e. The summed E-state index contributed by atoms with van der Waals surface area (Å²) in [6, 6.07) is 6.85. The Morgan fingerprint density at radius 1 is 1.43 bits per heavy atom. The molecule has 1 aliphatic carbocycles. The minimum Gasteiger partial charge on any atom is -0.348 e. The van der Waals surface area contributed by atoms with E-state index in [1.165, 1.54) is 17.0 Å². The van der Waals surface area contributed by atoms with Crippen LogP contribution in [0.3, 0.4) is 0 Å². The zero-order chi connectivity index (χ0) is 14.2. The molecule has 1 aliphatic rings. The van der Waals surface area contributed by atoms with Crippen molar-refractivity contribution in [2.45, 2.75) is 31.8 Å². The standard InChI is InChI=1S/C15H18N6/c1-21-15-5-2-10(6-14(15)19-20-21)8-16-11-3-4-12-13(7-11)18-9-17-12/h2,5-6,9,11,16H,3-4,7-8H2,1H3,(H,17,18). The third-order valence-corrected chi connectivity index (χ3v) is 4.26. The summed E-state index contributed by atoms with van der Waals surface area (Å²) in [5.41, 5.74) is 5.78. The molecule has 0 saturated heterocycles. The first-order valence-electron chi connectivity index (χ1n) is 7.32. The normalized spacial score (nSPS) is 18.0. The van der Waals surface area contributed by atoms with Gasteiger partial charge >= 0.3 is 0 Å². The lowest BCUT2D eigenvalue weighted by Crippen LogP contribution is -2.34. The van der Waals surface area contributed by atoms with Gasteiger partial charge in [0.05, 0.1) is 17.5 Å². The van der Waals surface area contributed by atoms with Gasteiger partial charge in [0.15, 0.2) is 0 Å². The first-order chi connectivity index (χ1) is 10.3. The Kier molecular flexibility index (Phi) is 2.96. The molecule has 0 radical (unpaired) electrons. The molecule has 21 heavy (non-hydrogen) atoms. The molecule has 3 aromatic rings. The highest BCUT2D eigenvalue weighted by molar-refractivity contribution is 5.74. The van der Waals surface area contributed by atoms with Gasteiger partial charge in [0.1, 0.15) is 5.52 Å². The van der Waals surface area contributed by atoms with E-state index in [1.54, 1.807) is 11.0 Å². The van der Waals surface area contributed by atoms with E-state index >= 15 is 0 Å². The maximum absolute atomic E-state index is 4.35. The van der Waals surface area contributed by atoms with Crippen molar-refractivity contribution in [3.8, 4) is 0 Å². The smallest absolute Gasteiger partial charge is 0.113 e. The van der Waals surface area contributed by atoms with Gasteiger partial charge in [-0.25, -0.2) is 9.67 Å². The van der Waals surface area contributed by atoms with Crippen LogP contribution in [0, 0.1) is 0 Å². The molecule has 0 spiro atoms. The third-order valence-electron chi connectivity index (χ3n) is 4.26. The number of nitrogens with one attached hydrogen (secondary N) is 2. The van der Waals surface area contributed by atoms with Crippen LogP contribution in [-0.2, 0) is 26.4 Å². The molecule has 1 unspecified atom stereocenters. The van der Waals surface area contributed by atoms with Gasteiger partial charge in [-0.2, -0.15) is 0 Å². The number of hydrogen-bond acceptors (Lipinski definition) is 4. The van der Waals surface area contributed by atoms with E-state index in [9.17, 15) is 0 Å². The van der Waals surface area contributed by atoms with Crippen LogP contribution < -0.4 is 5.32 Å². The molecule has 4 rings (SSSR count). The summed E-state index contributed by atoms with van der Waals surface area (Å²) in [5, 5.41) is 11.8. The number of imidazole rings is 1. The highest BCUT2D eigenvalue weighted by atomic mass is 15.4. The summed E-state index contributed by atoms with van der Waals surface area (Å²) in [6.45, 7) is 0.862. The van der Waals surface area contributed by atoms with Gasteiger partial charge in [-0.15, -0.1) is 5.10 Å². The van der Waals surface area contributed by atoms with Gasteiger partial charge < -0.3 is 10.3 Å². The Hall–Kier alpha value is -2.21. The fraction of sp³-hybridized carbons (Fsp3) is 0.400. The second-order valence-corrected chi connectivity index (χ2v) is 5.68. The van der Waals surface area contributed by atoms with Gasteiger partial charge in [0.25, 0.3) is 0 Å². The van der Waals surface area contributed by atoms with Crippen molar-refractivity contribution >= 4 is 11.0 Å². The first kappa shape index (κ1) is 12.5. The van der Waals surface area contributed by atoms with Crippen LogP contribution in [0.15, 0.2) is 24.5 Å². The number of H-pyrrole nitrogens is 1. The van der Waals surface area contributed by atoms with E-state index in [1.807, 2.05) is 7.05 Å². The van der Waals surface area contributed by atoms with Crippen LogP contribution in [0.1, 0.15) is 23.4 Å². The van der Waals surface area contributed by atoms with Crippen molar-refractivity contribution in [1.82, 2.24) is 30.3 Å². The molecule has 1 atom stereocenters. The molecule has 108 valence electrons. The van der Waals surface area contributed by atoms with Crippen LogP contribution in [0.25, 0.3) is 11.0 Å². The van der Waals surface area contributed by atoms with Crippen molar-refractivity contribution in [1.29, 1.82) is 0 Å². The summed E-state index contributed by atoms with van der Waals surface area (Å²) >= 11 is 0. The van der Waals surface area contributed by atoms with Gasteiger partial charge in [0.2, 0.25) is 0 Å². The Balaban J connectivity index is 1.44. The van der Waals surface area contributed by atoms with Crippen molar-refractivity contribution < 1.29 is 0 Å². The van der Waals surface area contributed by atoms with Gasteiger partial charge in [0, 0.05) is 31.7 Å². The summed E-state index contributed by atoms with van der Waals surface area (Å²) < 4.78 is 1.80. The molecule has 1 aromatic carbocycles. The summed E-state index contributed by atoms with van der Waals surface area (Å²) in [5.74, 6) is 0. The molecule has 2 N–H and O–H groups in total. The number of rotatable bonds is 3. The van der Waals surface area contributed by atoms with Gasteiger partial charge in [-0.05, 0) is 30.5 Å². The second kappa shape index (κ2) is 4.96. The number of nitrogens with zero attached hydrogens (tertiary/aromatic N) is 4. The van der Waals surface area contributed by atoms with Crippen LogP contribution >= 0.6 is 0 Å². The highest BCUT2D eigenvalue weighted by Crippen LogP contribution is 2.18. The van der Waals surface area contributed by atoms with E-state index in [2.05, 4.69) is 43.8 Å². The molecule has 2 heterocycles. The lowest BCUT2D eigenvalue weighted by Gasteiger charge is -2.22. The molecule has 2 aromatic heterocycles. The largest absolute Gasteiger partial charge is 0.348 e. The Morgan fingerprint density at radius 3 is 3.33 bits per heavy atom. The number of aromatic amines is 1. The SMILES string of the molecule is Cn1nnc2cc(CNC3CCc4nc[nH]c4C3)ccc21. The topological polar surface area (TPSA) is 71.4 Å². The van der Waals surface area contributed by atoms with Crippen LogP contribution in [-0.4, -0.2) is 31.0 Å². The van der Waals surface area contributed by atoms with E-state index < -0.39 is 0 Å². The van der Waals surface area contributed by atoms with Crippen molar-refractivity contribution in [2.24, 2.45) is 7.05 Å². The van der Waals surface area contributed by atoms with E-state index in [0.29, 0.717) is 6.04 Å². The van der Waals surface area contributed by atoms with E-state index in [-0.39, 0.29) is 0 Å². The summed E-state index contributed by atoms with van der Waals surface area (Å²) in [7, 11) is 1.91. The van der Waals surface area contributed by atoms with Crippen LogP contribution in [0.2, 0.25) is 0 Å². The first-order valence-corrected chi connectivity index (χ1v) is 7.32. The minimum absolute atomic E-state index is 0.510. The molecule has 6 nitrogen and oxygen atoms in total. The average molecular weight is 282 g/mol. The van der Waals surface area contributed by atoms with Crippen molar-refractivity contribution in [2.75, 3.05) is 0 Å². The Morgan fingerprint density at radius 2 is 2.38 bits per heavy atom. The fourth-order valence-electron chi connectivity index (χ4n) is 3.03. The number of aryl methyl sites for hydroxylation is 2. The lowest BCUT2D eigenvalue weighted by molar-refractivity contribution is 0.451. The number of aromatic nitrogens is 5. The minimum atomic E-state index is 0.510. The Bertz CT molecular complexity index is 771. The average Bonchev–Trinajstić information content (AvgIpc) is 3.11. The molecule has 0 fully saturated rings. The number of fused-ring (bicyclic) bond motifs is 2. The summed E-state index contributed by atoms with van der Waals surface area (Å²) in [6.07, 6.45) is 5.03. The van der Waals surface area contributed by atoms with E-state index in [4.69, 9.17) is 0 Å². The van der Waals surface area contributed by atoms with Gasteiger partial charge in [-0.1, -0.05) is 11.3 Å². The Labute approximate surface area is 122 Å². The molecule has 0 aliphatic heterocycles. The highest BCUT2D eigenvalue weighted by Gasteiger charge is 2.19. The predicted molar refractivity (Wildman–Crippen MR) is 79.7 cm³/mol. The van der Waals surface area contributed by atoms with Crippen LogP contribution in [0.4, 0.5) is 0 Å². The molecular weight excluding hydrogens is 264 g/mol. The maximum atomic E-state index is 4.35. The zero-order valence-corrected chi connectivity index (χ0v) is 12.0. The monoisotopic (exact) mass is 282 g/mol. The zero-order valence-electron chi connectivity index (χ0n) is 12.0. The van der Waals surface area contributed by atoms with Gasteiger partial charge in [-0.3, -0.25) is 0 Å². The second-order valence-electron chi connectivity index (χ2n) is 5.68.